The molecule has 0 aliphatic carbocycles. The van der Waals surface area contributed by atoms with Crippen molar-refractivity contribution in [1.29, 1.82) is 0 Å². The Bertz CT molecular complexity index is 306. The third-order valence-corrected chi connectivity index (χ3v) is 8.75. The fourth-order valence-corrected chi connectivity index (χ4v) is 5.92. The number of benzene rings is 1. The van der Waals surface area contributed by atoms with E-state index in [0.717, 1.165) is 5.54 Å². The molecule has 0 aromatic heterocycles. The maximum atomic E-state index is 2.48. The summed E-state index contributed by atoms with van der Waals surface area (Å²) < 4.78 is 0. The van der Waals surface area contributed by atoms with E-state index in [1.807, 2.05) is 0 Å². The van der Waals surface area contributed by atoms with Gasteiger partial charge >= 0.3 is 0 Å². The minimum atomic E-state index is -1.32. The van der Waals surface area contributed by atoms with Crippen LogP contribution in [0, 0.1) is 5.41 Å². The summed E-state index contributed by atoms with van der Waals surface area (Å²) in [7, 11) is -1.32. The van der Waals surface area contributed by atoms with E-state index in [0.29, 0.717) is 5.41 Å². The van der Waals surface area contributed by atoms with Crippen molar-refractivity contribution in [3.63, 3.8) is 0 Å². The Morgan fingerprint density at radius 3 is 1.87 bits per heavy atom. The van der Waals surface area contributed by atoms with Gasteiger partial charge in [-0.15, -0.1) is 0 Å². The Morgan fingerprint density at radius 2 is 1.47 bits per heavy atom. The third kappa shape index (κ3) is 2.72. The number of hydrogen-bond acceptors (Lipinski definition) is 0. The first kappa shape index (κ1) is 12.5. The van der Waals surface area contributed by atoms with Crippen LogP contribution in [0.15, 0.2) is 30.3 Å². The quantitative estimate of drug-likeness (QED) is 0.660. The van der Waals surface area contributed by atoms with Gasteiger partial charge in [0.05, 0.1) is 8.07 Å². The van der Waals surface area contributed by atoms with E-state index in [1.54, 1.807) is 5.19 Å². The lowest BCUT2D eigenvalue weighted by Crippen LogP contribution is -2.48. The first-order valence-corrected chi connectivity index (χ1v) is 8.89. The van der Waals surface area contributed by atoms with Gasteiger partial charge in [0.15, 0.2) is 0 Å². The zero-order chi connectivity index (χ0) is 11.7. The number of hydrogen-bond donors (Lipinski definition) is 0. The van der Waals surface area contributed by atoms with Crippen molar-refractivity contribution in [2.45, 2.75) is 46.3 Å². The smallest absolute Gasteiger partial charge is 0.0652 e. The number of rotatable bonds is 2. The minimum absolute atomic E-state index is 0.408. The monoisotopic (exact) mass is 220 g/mol. The Morgan fingerprint density at radius 1 is 1.00 bits per heavy atom. The summed E-state index contributed by atoms with van der Waals surface area (Å²) in [5.41, 5.74) is 1.19. The van der Waals surface area contributed by atoms with Gasteiger partial charge < -0.3 is 0 Å². The average Bonchev–Trinajstić information content (AvgIpc) is 2.16. The molecule has 0 heterocycles. The molecule has 1 unspecified atom stereocenters. The molecule has 1 aromatic carbocycles. The van der Waals surface area contributed by atoms with E-state index in [2.05, 4.69) is 71.1 Å². The molecular weight excluding hydrogens is 196 g/mol. The lowest BCUT2D eigenvalue weighted by atomic mass is 9.93. The highest BCUT2D eigenvalue weighted by molar-refractivity contribution is 6.91. The molecule has 15 heavy (non-hydrogen) atoms. The molecule has 0 fully saturated rings. The summed E-state index contributed by atoms with van der Waals surface area (Å²) in [4.78, 5) is 0. The highest BCUT2D eigenvalue weighted by Crippen LogP contribution is 2.38. The summed E-state index contributed by atoms with van der Waals surface area (Å²) in [6, 6.07) is 11.0. The van der Waals surface area contributed by atoms with Crippen molar-refractivity contribution < 1.29 is 0 Å². The van der Waals surface area contributed by atoms with Gasteiger partial charge in [0.1, 0.15) is 0 Å². The molecule has 1 rings (SSSR count). The Kier molecular flexibility index (Phi) is 3.44. The zero-order valence-corrected chi connectivity index (χ0v) is 12.0. The second-order valence-corrected chi connectivity index (χ2v) is 11.1. The maximum absolute atomic E-state index is 2.48. The SMILES string of the molecule is CC(C(C)(C)C)[Si](C)(C)c1ccccc1. The van der Waals surface area contributed by atoms with Crippen LogP contribution in [0.5, 0.6) is 0 Å². The molecule has 0 radical (unpaired) electrons. The summed E-state index contributed by atoms with van der Waals surface area (Å²) in [5.74, 6) is 0. The Hall–Kier alpha value is -0.563. The van der Waals surface area contributed by atoms with Crippen LogP contribution in [0.4, 0.5) is 0 Å². The van der Waals surface area contributed by atoms with Gasteiger partial charge in [-0.05, 0) is 11.0 Å². The van der Waals surface area contributed by atoms with Crippen LogP contribution in [0.25, 0.3) is 0 Å². The molecule has 1 atom stereocenters. The molecular formula is C14H24Si. The van der Waals surface area contributed by atoms with Crippen LogP contribution in [0.2, 0.25) is 18.6 Å². The summed E-state index contributed by atoms with van der Waals surface area (Å²) in [6.07, 6.45) is 0. The molecule has 0 spiro atoms. The molecule has 0 aliphatic rings. The highest BCUT2D eigenvalue weighted by Gasteiger charge is 2.37. The summed E-state index contributed by atoms with van der Waals surface area (Å²) >= 11 is 0. The van der Waals surface area contributed by atoms with Crippen LogP contribution in [-0.4, -0.2) is 8.07 Å². The largest absolute Gasteiger partial charge is 0.0839 e. The van der Waals surface area contributed by atoms with Crippen molar-refractivity contribution in [1.82, 2.24) is 0 Å². The topological polar surface area (TPSA) is 0 Å². The molecule has 84 valence electrons. The molecule has 1 heteroatoms. The van der Waals surface area contributed by atoms with Gasteiger partial charge in [-0.1, -0.05) is 76.3 Å². The fraction of sp³-hybridized carbons (Fsp3) is 0.571. The highest BCUT2D eigenvalue weighted by atomic mass is 28.3. The first-order valence-electron chi connectivity index (χ1n) is 5.82. The second-order valence-electron chi connectivity index (χ2n) is 6.18. The van der Waals surface area contributed by atoms with Gasteiger partial charge in [0.25, 0.3) is 0 Å². The molecule has 0 N–H and O–H groups in total. The minimum Gasteiger partial charge on any atom is -0.0652 e. The fourth-order valence-electron chi connectivity index (χ4n) is 2.20. The van der Waals surface area contributed by atoms with Crippen LogP contribution < -0.4 is 5.19 Å². The molecule has 0 nitrogen and oxygen atoms in total. The molecule has 0 aliphatic heterocycles. The van der Waals surface area contributed by atoms with Crippen LogP contribution >= 0.6 is 0 Å². The lowest BCUT2D eigenvalue weighted by molar-refractivity contribution is 0.389. The van der Waals surface area contributed by atoms with E-state index in [9.17, 15) is 0 Å². The van der Waals surface area contributed by atoms with Crippen molar-refractivity contribution in [2.24, 2.45) is 5.41 Å². The average molecular weight is 220 g/mol. The van der Waals surface area contributed by atoms with Gasteiger partial charge in [-0.25, -0.2) is 0 Å². The summed E-state index contributed by atoms with van der Waals surface area (Å²) in [6.45, 7) is 14.5. The van der Waals surface area contributed by atoms with Gasteiger partial charge in [0, 0.05) is 0 Å². The van der Waals surface area contributed by atoms with Crippen molar-refractivity contribution in [2.75, 3.05) is 0 Å². The first-order chi connectivity index (χ1) is 6.76. The molecule has 0 bridgehead atoms. The predicted octanol–water partition coefficient (Wildman–Crippen LogP) is 4.04. The van der Waals surface area contributed by atoms with Crippen LogP contribution in [0.3, 0.4) is 0 Å². The predicted molar refractivity (Wildman–Crippen MR) is 72.4 cm³/mol. The maximum Gasteiger partial charge on any atom is 0.0839 e. The van der Waals surface area contributed by atoms with Gasteiger partial charge in [0.2, 0.25) is 0 Å². The van der Waals surface area contributed by atoms with E-state index in [4.69, 9.17) is 0 Å². The van der Waals surface area contributed by atoms with E-state index in [-0.39, 0.29) is 0 Å². The van der Waals surface area contributed by atoms with Crippen LogP contribution in [0.1, 0.15) is 27.7 Å². The Labute approximate surface area is 95.7 Å². The Balaban J connectivity index is 3.03. The molecule has 0 saturated heterocycles. The summed E-state index contributed by atoms with van der Waals surface area (Å²) in [5, 5.41) is 1.58. The van der Waals surface area contributed by atoms with Gasteiger partial charge in [-0.3, -0.25) is 0 Å². The van der Waals surface area contributed by atoms with E-state index < -0.39 is 8.07 Å². The normalized spacial score (nSPS) is 15.1. The van der Waals surface area contributed by atoms with E-state index >= 15 is 0 Å². The third-order valence-electron chi connectivity index (χ3n) is 3.90. The molecule has 1 aromatic rings. The standard InChI is InChI=1S/C14H24Si/c1-12(14(2,3)4)15(5,6)13-10-8-7-9-11-13/h7-12H,1-6H3. The second kappa shape index (κ2) is 4.13. The van der Waals surface area contributed by atoms with E-state index in [1.165, 1.54) is 0 Å². The molecule has 0 saturated carbocycles. The van der Waals surface area contributed by atoms with Crippen molar-refractivity contribution >= 4 is 13.3 Å². The molecule has 0 amide bonds. The van der Waals surface area contributed by atoms with Crippen molar-refractivity contribution in [3.05, 3.63) is 30.3 Å². The van der Waals surface area contributed by atoms with Crippen LogP contribution in [-0.2, 0) is 0 Å². The van der Waals surface area contributed by atoms with Crippen molar-refractivity contribution in [3.8, 4) is 0 Å². The van der Waals surface area contributed by atoms with Gasteiger partial charge in [-0.2, -0.15) is 0 Å². The lowest BCUT2D eigenvalue weighted by Gasteiger charge is -2.39. The zero-order valence-electron chi connectivity index (χ0n) is 11.0.